The fourth-order valence-electron chi connectivity index (χ4n) is 0.714. The van der Waals surface area contributed by atoms with Crippen LogP contribution in [0.1, 0.15) is 13.3 Å². The summed E-state index contributed by atoms with van der Waals surface area (Å²) in [4.78, 5) is 2.34. The predicted octanol–water partition coefficient (Wildman–Crippen LogP) is 1.20. The van der Waals surface area contributed by atoms with Gasteiger partial charge in [0.15, 0.2) is 0 Å². The Bertz CT molecular complexity index is 41.8. The summed E-state index contributed by atoms with van der Waals surface area (Å²) in [7, 11) is 4.89. The van der Waals surface area contributed by atoms with Crippen molar-refractivity contribution in [1.29, 1.82) is 0 Å². The third-order valence-electron chi connectivity index (χ3n) is 1.12. The summed E-state index contributed by atoms with van der Waals surface area (Å²) in [6, 6.07) is 0. The molecule has 1 unspecified atom stereocenters. The molecule has 0 N–H and O–H groups in total. The lowest BCUT2D eigenvalue weighted by Crippen LogP contribution is -2.20. The summed E-state index contributed by atoms with van der Waals surface area (Å²) in [5.74, 6) is 0. The molecular weight excluding hydrogens is 117 g/mol. The zero-order valence-electron chi connectivity index (χ0n) is 5.85. The molecular formula is C6H16NP. The fraction of sp³-hybridized carbons (Fsp3) is 1.00. The first kappa shape index (κ1) is 8.39. The summed E-state index contributed by atoms with van der Waals surface area (Å²) in [6.45, 7) is 4.65. The Morgan fingerprint density at radius 2 is 2.00 bits per heavy atom. The van der Waals surface area contributed by atoms with Gasteiger partial charge in [-0.3, -0.25) is 0 Å². The first-order chi connectivity index (χ1) is 3.81. The van der Waals surface area contributed by atoms with Crippen LogP contribution in [-0.2, 0) is 0 Å². The Kier molecular flexibility index (Phi) is 5.79. The monoisotopic (exact) mass is 133 g/mol. The third-order valence-corrected chi connectivity index (χ3v) is 1.37. The largest absolute Gasteiger partial charge is 0.306 e. The van der Waals surface area contributed by atoms with E-state index in [9.17, 15) is 0 Å². The average Bonchev–Trinajstić information content (AvgIpc) is 1.68. The molecule has 0 amide bonds. The molecule has 8 heavy (non-hydrogen) atoms. The molecule has 0 aliphatic heterocycles. The topological polar surface area (TPSA) is 3.24 Å². The van der Waals surface area contributed by atoms with Gasteiger partial charge in [-0.1, -0.05) is 6.92 Å². The standard InChI is InChI=1S/C6H16NP/c1-3-4-7(2)5-6-8/h3-6,8H2,1-2H3. The van der Waals surface area contributed by atoms with Gasteiger partial charge >= 0.3 is 0 Å². The van der Waals surface area contributed by atoms with Crippen molar-refractivity contribution in [1.82, 2.24) is 4.90 Å². The number of rotatable bonds is 4. The normalized spacial score (nSPS) is 10.5. The molecule has 0 aromatic rings. The molecule has 0 saturated carbocycles. The molecule has 0 spiro atoms. The van der Waals surface area contributed by atoms with Crippen molar-refractivity contribution in [3.05, 3.63) is 0 Å². The van der Waals surface area contributed by atoms with Gasteiger partial charge in [0.2, 0.25) is 0 Å². The van der Waals surface area contributed by atoms with E-state index >= 15 is 0 Å². The maximum Gasteiger partial charge on any atom is 0.00129 e. The van der Waals surface area contributed by atoms with E-state index in [1.807, 2.05) is 0 Å². The van der Waals surface area contributed by atoms with Gasteiger partial charge in [-0.05, 0) is 26.2 Å². The second-order valence-electron chi connectivity index (χ2n) is 2.09. The van der Waals surface area contributed by atoms with Crippen LogP contribution in [0.3, 0.4) is 0 Å². The molecule has 0 aliphatic rings. The minimum atomic E-state index is 1.19. The molecule has 1 atom stereocenters. The van der Waals surface area contributed by atoms with Crippen LogP contribution in [0.25, 0.3) is 0 Å². The van der Waals surface area contributed by atoms with Crippen molar-refractivity contribution in [2.45, 2.75) is 13.3 Å². The van der Waals surface area contributed by atoms with Crippen LogP contribution in [0.4, 0.5) is 0 Å². The van der Waals surface area contributed by atoms with Crippen LogP contribution >= 0.6 is 9.24 Å². The smallest absolute Gasteiger partial charge is 0.00129 e. The summed E-state index contributed by atoms with van der Waals surface area (Å²) in [5, 5.41) is 0. The Balaban J connectivity index is 2.92. The lowest BCUT2D eigenvalue weighted by atomic mass is 10.4. The van der Waals surface area contributed by atoms with Crippen LogP contribution in [-0.4, -0.2) is 31.2 Å². The Labute approximate surface area is 54.7 Å². The molecule has 0 saturated heterocycles. The van der Waals surface area contributed by atoms with Crippen LogP contribution in [0.2, 0.25) is 0 Å². The van der Waals surface area contributed by atoms with E-state index in [-0.39, 0.29) is 0 Å². The van der Waals surface area contributed by atoms with Gasteiger partial charge < -0.3 is 4.90 Å². The first-order valence-corrected chi connectivity index (χ1v) is 4.01. The molecule has 50 valence electrons. The first-order valence-electron chi connectivity index (χ1n) is 3.20. The Morgan fingerprint density at radius 1 is 1.38 bits per heavy atom. The van der Waals surface area contributed by atoms with E-state index in [4.69, 9.17) is 0 Å². The number of nitrogens with zero attached hydrogens (tertiary/aromatic N) is 1. The highest BCUT2D eigenvalue weighted by atomic mass is 31.0. The van der Waals surface area contributed by atoms with Crippen LogP contribution in [0, 0.1) is 0 Å². The van der Waals surface area contributed by atoms with Crippen LogP contribution in [0.5, 0.6) is 0 Å². The fourth-order valence-corrected chi connectivity index (χ4v) is 1.15. The minimum absolute atomic E-state index is 1.19. The van der Waals surface area contributed by atoms with Gasteiger partial charge in [0, 0.05) is 6.54 Å². The summed E-state index contributed by atoms with van der Waals surface area (Å²) < 4.78 is 0. The lowest BCUT2D eigenvalue weighted by Gasteiger charge is -2.12. The highest BCUT2D eigenvalue weighted by Crippen LogP contribution is 1.87. The molecule has 0 radical (unpaired) electrons. The molecule has 1 nitrogen and oxygen atoms in total. The average molecular weight is 133 g/mol. The van der Waals surface area contributed by atoms with Crippen molar-refractivity contribution in [2.24, 2.45) is 0 Å². The van der Waals surface area contributed by atoms with E-state index in [1.54, 1.807) is 0 Å². The zero-order valence-corrected chi connectivity index (χ0v) is 7.01. The van der Waals surface area contributed by atoms with Crippen LogP contribution in [0.15, 0.2) is 0 Å². The quantitative estimate of drug-likeness (QED) is 0.521. The molecule has 0 fully saturated rings. The SMILES string of the molecule is CCCN(C)CCP. The summed E-state index contributed by atoms with van der Waals surface area (Å²) >= 11 is 0. The van der Waals surface area contributed by atoms with Gasteiger partial charge in [-0.25, -0.2) is 0 Å². The Morgan fingerprint density at radius 3 is 2.38 bits per heavy atom. The summed E-state index contributed by atoms with van der Waals surface area (Å²) in [6.07, 6.45) is 2.46. The van der Waals surface area contributed by atoms with E-state index in [2.05, 4.69) is 28.1 Å². The maximum atomic E-state index is 2.73. The van der Waals surface area contributed by atoms with Gasteiger partial charge in [-0.2, -0.15) is 0 Å². The number of hydrogen-bond acceptors (Lipinski definition) is 1. The molecule has 0 aliphatic carbocycles. The van der Waals surface area contributed by atoms with Crippen molar-refractivity contribution < 1.29 is 0 Å². The molecule has 2 heteroatoms. The van der Waals surface area contributed by atoms with Gasteiger partial charge in [0.25, 0.3) is 0 Å². The molecule has 0 rings (SSSR count). The van der Waals surface area contributed by atoms with Gasteiger partial charge in [0.1, 0.15) is 0 Å². The second kappa shape index (κ2) is 5.53. The number of hydrogen-bond donors (Lipinski definition) is 0. The van der Waals surface area contributed by atoms with Crippen molar-refractivity contribution in [2.75, 3.05) is 26.3 Å². The maximum absolute atomic E-state index is 2.73. The second-order valence-corrected chi connectivity index (χ2v) is 2.67. The predicted molar refractivity (Wildman–Crippen MR) is 42.4 cm³/mol. The molecule has 0 aromatic heterocycles. The minimum Gasteiger partial charge on any atom is -0.306 e. The van der Waals surface area contributed by atoms with Crippen molar-refractivity contribution in [3.8, 4) is 0 Å². The van der Waals surface area contributed by atoms with Crippen molar-refractivity contribution >= 4 is 9.24 Å². The highest BCUT2D eigenvalue weighted by molar-refractivity contribution is 7.16. The van der Waals surface area contributed by atoms with Crippen LogP contribution < -0.4 is 0 Å². The van der Waals surface area contributed by atoms with Gasteiger partial charge in [-0.15, -0.1) is 9.24 Å². The molecule has 0 heterocycles. The summed E-state index contributed by atoms with van der Waals surface area (Å²) in [5.41, 5.74) is 0. The van der Waals surface area contributed by atoms with E-state index in [0.29, 0.717) is 0 Å². The van der Waals surface area contributed by atoms with Gasteiger partial charge in [0.05, 0.1) is 0 Å². The molecule has 0 bridgehead atoms. The van der Waals surface area contributed by atoms with E-state index < -0.39 is 0 Å². The highest BCUT2D eigenvalue weighted by Gasteiger charge is 1.90. The zero-order chi connectivity index (χ0) is 6.41. The van der Waals surface area contributed by atoms with E-state index in [1.165, 1.54) is 25.7 Å². The third kappa shape index (κ3) is 4.55. The Hall–Kier alpha value is 0.390. The van der Waals surface area contributed by atoms with E-state index in [0.717, 1.165) is 0 Å². The molecule has 0 aromatic carbocycles. The lowest BCUT2D eigenvalue weighted by molar-refractivity contribution is 0.356. The van der Waals surface area contributed by atoms with Crippen molar-refractivity contribution in [3.63, 3.8) is 0 Å².